The molecule has 0 saturated carbocycles. The number of rotatable bonds is 9. The van der Waals surface area contributed by atoms with Crippen LogP contribution in [0.3, 0.4) is 0 Å². The SMILES string of the molecule is CCc1c(C#N)c(SC(C(N)=O)c2ccccc2)nc(N2CCC(NC(=O)CN(C(=O)O)C(C)(C)C)CC2)c1C#N. The van der Waals surface area contributed by atoms with E-state index in [1.165, 1.54) is 0 Å². The molecule has 4 N–H and O–H groups in total. The lowest BCUT2D eigenvalue weighted by molar-refractivity contribution is -0.123. The first-order valence-electron chi connectivity index (χ1n) is 13.3. The van der Waals surface area contributed by atoms with E-state index >= 15 is 0 Å². The minimum absolute atomic E-state index is 0.171. The van der Waals surface area contributed by atoms with Gasteiger partial charge >= 0.3 is 6.09 Å². The van der Waals surface area contributed by atoms with Crippen LogP contribution in [0.2, 0.25) is 0 Å². The monoisotopic (exact) mass is 577 g/mol. The Morgan fingerprint density at radius 1 is 1.17 bits per heavy atom. The minimum atomic E-state index is -1.16. The van der Waals surface area contributed by atoms with E-state index in [0.717, 1.165) is 16.7 Å². The molecule has 1 saturated heterocycles. The number of nitrogens with two attached hydrogens (primary N) is 1. The van der Waals surface area contributed by atoms with Crippen molar-refractivity contribution in [3.63, 3.8) is 0 Å². The maximum atomic E-state index is 12.6. The lowest BCUT2D eigenvalue weighted by Crippen LogP contribution is -2.52. The van der Waals surface area contributed by atoms with Crippen molar-refractivity contribution in [2.45, 2.75) is 68.8 Å². The number of hydrogen-bond donors (Lipinski definition) is 3. The van der Waals surface area contributed by atoms with E-state index in [4.69, 9.17) is 10.7 Å². The summed E-state index contributed by atoms with van der Waals surface area (Å²) in [6.07, 6.45) is 0.365. The van der Waals surface area contributed by atoms with E-state index in [1.807, 2.05) is 17.9 Å². The molecular weight excluding hydrogens is 542 g/mol. The van der Waals surface area contributed by atoms with Crippen molar-refractivity contribution in [3.05, 3.63) is 52.6 Å². The minimum Gasteiger partial charge on any atom is -0.465 e. The largest absolute Gasteiger partial charge is 0.465 e. The number of carbonyl (C=O) groups is 3. The molecule has 0 radical (unpaired) electrons. The number of thioether (sulfide) groups is 1. The Kier molecular flexibility index (Phi) is 10.2. The number of carbonyl (C=O) groups excluding carboxylic acids is 2. The van der Waals surface area contributed by atoms with Gasteiger partial charge in [-0.25, -0.2) is 9.78 Å². The van der Waals surface area contributed by atoms with Crippen LogP contribution in [-0.2, 0) is 16.0 Å². The van der Waals surface area contributed by atoms with Crippen LogP contribution in [-0.4, -0.2) is 64.1 Å². The number of anilines is 1. The fourth-order valence-electron chi connectivity index (χ4n) is 4.77. The van der Waals surface area contributed by atoms with Gasteiger partial charge in [0.15, 0.2) is 0 Å². The third-order valence-corrected chi connectivity index (χ3v) is 8.18. The van der Waals surface area contributed by atoms with Gasteiger partial charge in [-0.15, -0.1) is 0 Å². The second kappa shape index (κ2) is 13.4. The van der Waals surface area contributed by atoms with E-state index < -0.39 is 22.8 Å². The van der Waals surface area contributed by atoms with Crippen LogP contribution in [0, 0.1) is 22.7 Å². The van der Waals surface area contributed by atoms with Crippen molar-refractivity contribution in [3.8, 4) is 12.1 Å². The third kappa shape index (κ3) is 7.47. The average molecular weight is 578 g/mol. The lowest BCUT2D eigenvalue weighted by atomic mass is 10.00. The third-order valence-electron chi connectivity index (χ3n) is 6.92. The van der Waals surface area contributed by atoms with Gasteiger partial charge in [0.1, 0.15) is 34.8 Å². The molecule has 1 atom stereocenters. The highest BCUT2D eigenvalue weighted by Gasteiger charge is 2.31. The highest BCUT2D eigenvalue weighted by atomic mass is 32.2. The molecule has 1 unspecified atom stereocenters. The van der Waals surface area contributed by atoms with Crippen LogP contribution < -0.4 is 16.0 Å². The van der Waals surface area contributed by atoms with Crippen LogP contribution in [0.25, 0.3) is 0 Å². The fourth-order valence-corrected chi connectivity index (χ4v) is 5.83. The topological polar surface area (TPSA) is 176 Å². The van der Waals surface area contributed by atoms with Crippen molar-refractivity contribution < 1.29 is 19.5 Å². The van der Waals surface area contributed by atoms with Crippen LogP contribution in [0.5, 0.6) is 0 Å². The fraction of sp³-hybridized carbons (Fsp3) is 0.448. The Bertz CT molecular complexity index is 1370. The first kappa shape index (κ1) is 31.2. The molecule has 216 valence electrons. The molecule has 1 aliphatic rings. The van der Waals surface area contributed by atoms with Gasteiger partial charge < -0.3 is 21.1 Å². The smallest absolute Gasteiger partial charge is 0.408 e. The van der Waals surface area contributed by atoms with Crippen LogP contribution in [0.1, 0.15) is 68.0 Å². The van der Waals surface area contributed by atoms with Crippen molar-refractivity contribution in [2.75, 3.05) is 24.5 Å². The highest BCUT2D eigenvalue weighted by molar-refractivity contribution is 8.00. The van der Waals surface area contributed by atoms with E-state index in [0.29, 0.717) is 59.9 Å². The molecule has 1 aliphatic heterocycles. The summed E-state index contributed by atoms with van der Waals surface area (Å²) in [4.78, 5) is 44.4. The molecule has 3 rings (SSSR count). The lowest BCUT2D eigenvalue weighted by Gasteiger charge is -2.36. The maximum Gasteiger partial charge on any atom is 0.408 e. The maximum absolute atomic E-state index is 12.6. The summed E-state index contributed by atoms with van der Waals surface area (Å²) in [6, 6.07) is 13.2. The molecule has 41 heavy (non-hydrogen) atoms. The van der Waals surface area contributed by atoms with Crippen LogP contribution in [0.15, 0.2) is 35.4 Å². The summed E-state index contributed by atoms with van der Waals surface area (Å²) in [7, 11) is 0. The molecule has 1 aromatic carbocycles. The van der Waals surface area contributed by atoms with Gasteiger partial charge in [0.05, 0.1) is 11.1 Å². The zero-order valence-electron chi connectivity index (χ0n) is 23.7. The number of nitrogens with zero attached hydrogens (tertiary/aromatic N) is 5. The van der Waals surface area contributed by atoms with E-state index in [9.17, 15) is 30.0 Å². The van der Waals surface area contributed by atoms with Crippen LogP contribution in [0.4, 0.5) is 10.6 Å². The normalized spacial score (nSPS) is 14.4. The molecular formula is C29H35N7O4S. The molecule has 11 nitrogen and oxygen atoms in total. The van der Waals surface area contributed by atoms with Crippen molar-refractivity contribution in [1.29, 1.82) is 10.5 Å². The number of primary amides is 1. The van der Waals surface area contributed by atoms with Gasteiger partial charge in [-0.1, -0.05) is 49.0 Å². The van der Waals surface area contributed by atoms with Gasteiger partial charge in [-0.05, 0) is 51.2 Å². The van der Waals surface area contributed by atoms with Crippen LogP contribution >= 0.6 is 11.8 Å². The molecule has 2 heterocycles. The van der Waals surface area contributed by atoms with Crippen molar-refractivity contribution in [1.82, 2.24) is 15.2 Å². The number of aromatic nitrogens is 1. The second-order valence-electron chi connectivity index (χ2n) is 10.7. The summed E-state index contributed by atoms with van der Waals surface area (Å²) < 4.78 is 0. The first-order valence-corrected chi connectivity index (χ1v) is 14.2. The second-order valence-corrected chi connectivity index (χ2v) is 11.8. The number of nitrogens with one attached hydrogen (secondary N) is 1. The summed E-state index contributed by atoms with van der Waals surface area (Å²) >= 11 is 1.09. The molecule has 1 aromatic heterocycles. The molecule has 1 fully saturated rings. The summed E-state index contributed by atoms with van der Waals surface area (Å²) in [5.74, 6) is -0.516. The van der Waals surface area contributed by atoms with Gasteiger partial charge in [0, 0.05) is 24.7 Å². The van der Waals surface area contributed by atoms with Gasteiger partial charge in [-0.2, -0.15) is 10.5 Å². The molecule has 2 aromatic rings. The number of piperidine rings is 1. The Labute approximate surface area is 244 Å². The average Bonchev–Trinajstić information content (AvgIpc) is 2.93. The Hall–Kier alpha value is -4.29. The van der Waals surface area contributed by atoms with Gasteiger partial charge in [0.25, 0.3) is 0 Å². The van der Waals surface area contributed by atoms with Gasteiger partial charge in [0.2, 0.25) is 11.8 Å². The van der Waals surface area contributed by atoms with E-state index in [-0.39, 0.29) is 24.1 Å². The number of nitriles is 2. The zero-order chi connectivity index (χ0) is 30.3. The standard InChI is InChI=1S/C29H35N7O4S/c1-5-20-21(15-30)26(34-27(22(20)16-31)41-24(25(32)38)18-9-7-6-8-10-18)35-13-11-19(12-14-35)33-23(37)17-36(28(39)40)29(2,3)4/h6-10,19,24H,5,11-14,17H2,1-4H3,(H2,32,38)(H,33,37)(H,39,40). The summed E-state index contributed by atoms with van der Waals surface area (Å²) in [6.45, 7) is 7.74. The quantitative estimate of drug-likeness (QED) is 0.376. The highest BCUT2D eigenvalue weighted by Crippen LogP contribution is 2.40. The van der Waals surface area contributed by atoms with Crippen molar-refractivity contribution in [2.24, 2.45) is 5.73 Å². The summed E-state index contributed by atoms with van der Waals surface area (Å²) in [5, 5.41) is 32.1. The number of amides is 3. The van der Waals surface area contributed by atoms with Gasteiger partial charge in [-0.3, -0.25) is 14.5 Å². The number of carboxylic acid groups (broad SMARTS) is 1. The Morgan fingerprint density at radius 3 is 2.27 bits per heavy atom. The Balaban J connectivity index is 1.84. The first-order chi connectivity index (χ1) is 19.4. The predicted octanol–water partition coefficient (Wildman–Crippen LogP) is 3.57. The molecule has 12 heteroatoms. The molecule has 0 spiro atoms. The molecule has 0 bridgehead atoms. The predicted molar refractivity (Wildman–Crippen MR) is 155 cm³/mol. The summed E-state index contributed by atoms with van der Waals surface area (Å²) in [5.41, 5.74) is 6.83. The number of hydrogen-bond acceptors (Lipinski definition) is 8. The number of benzene rings is 1. The number of pyridine rings is 1. The van der Waals surface area contributed by atoms with E-state index in [2.05, 4.69) is 17.5 Å². The van der Waals surface area contributed by atoms with E-state index in [1.54, 1.807) is 45.0 Å². The Morgan fingerprint density at radius 2 is 1.78 bits per heavy atom. The molecule has 0 aliphatic carbocycles. The van der Waals surface area contributed by atoms with Crippen molar-refractivity contribution >= 4 is 35.5 Å². The molecule has 3 amide bonds. The zero-order valence-corrected chi connectivity index (χ0v) is 24.5.